The molecule has 3 rings (SSSR count). The van der Waals surface area contributed by atoms with E-state index in [-0.39, 0.29) is 45.1 Å². The molecule has 0 spiro atoms. The minimum absolute atomic E-state index is 0.0256. The van der Waals surface area contributed by atoms with Gasteiger partial charge in [0, 0.05) is 43.4 Å². The van der Waals surface area contributed by atoms with Gasteiger partial charge in [-0.2, -0.15) is 0 Å². The van der Waals surface area contributed by atoms with E-state index in [0.717, 1.165) is 18.7 Å². The van der Waals surface area contributed by atoms with Gasteiger partial charge < -0.3 is 89.6 Å². The Hall–Kier alpha value is -9.23. The molecule has 0 unspecified atom stereocenters. The molecule has 1 aliphatic rings. The van der Waals surface area contributed by atoms with Gasteiger partial charge in [0.1, 0.15) is 60.4 Å². The van der Waals surface area contributed by atoms with Crippen molar-refractivity contribution in [2.45, 2.75) is 186 Å². The van der Waals surface area contributed by atoms with Gasteiger partial charge in [-0.15, -0.1) is 0 Å². The molecule has 12 amide bonds. The van der Waals surface area contributed by atoms with E-state index in [1.165, 1.54) is 13.8 Å². The summed E-state index contributed by atoms with van der Waals surface area (Å²) in [4.78, 5) is 202. The van der Waals surface area contributed by atoms with Crippen LogP contribution in [0, 0.1) is 17.8 Å². The van der Waals surface area contributed by atoms with Crippen LogP contribution in [0.5, 0.6) is 0 Å². The predicted molar refractivity (Wildman–Crippen MR) is 310 cm³/mol. The summed E-state index contributed by atoms with van der Waals surface area (Å²) in [5.74, 6) is -19.1. The highest BCUT2D eigenvalue weighted by Crippen LogP contribution is 2.22. The Labute approximate surface area is 506 Å². The summed E-state index contributed by atoms with van der Waals surface area (Å²) in [5.41, 5.74) is 11.7. The maximum atomic E-state index is 14.6. The number of aliphatic carboxylic acids is 3. The molecule has 2 aromatic rings. The number of nitrogens with one attached hydrogen (secondary N) is 10. The Morgan fingerprint density at radius 1 is 0.580 bits per heavy atom. The molecule has 0 radical (unpaired) electrons. The van der Waals surface area contributed by atoms with E-state index in [0.29, 0.717) is 22.9 Å². The molecule has 88 heavy (non-hydrogen) atoms. The van der Waals surface area contributed by atoms with Gasteiger partial charge in [0.25, 0.3) is 0 Å². The second-order valence-electron chi connectivity index (χ2n) is 22.2. The standard InChI is InChI=1S/C56H83N13O19/c1-9-26(5)44(67-54(85)45(27(6)10-2)66-49(80)36(22-41(74)75)60-29(8)71)53(84)63-34(20-30-24-59-32-15-12-11-14-31(30)32)47(78)62-37(23-42(76)77)50(81)65-43(25(3)4)52(83)64-35(21-40(58)73)48(79)68-46(28(7)70)55(86)69-19-13-16-38(69)51(82)61-33(56(87)88)17-18-39(57)72/h11-12,14-15,24-28,33-38,43-46,59,70H,9-10,13,16-23H2,1-8H3,(H2,57,72)(H2,58,73)(H,60,71)(H,61,82)(H,62,78)(H,63,84)(H,64,83)(H,65,81)(H,66,80)(H,67,85)(H,68,79)(H,74,75)(H,76,77)(H,87,88)/t26-,27-,28+,33-,34-,35-,36-,37-,38-,43-,44-,45-,46-/m0/s1. The number of benzene rings is 1. The third-order valence-corrected chi connectivity index (χ3v) is 14.9. The summed E-state index contributed by atoms with van der Waals surface area (Å²) < 4.78 is 0. The lowest BCUT2D eigenvalue weighted by Gasteiger charge is -2.32. The van der Waals surface area contributed by atoms with E-state index in [1.54, 1.807) is 58.2 Å². The van der Waals surface area contributed by atoms with Crippen LogP contribution in [0.2, 0.25) is 0 Å². The topological polar surface area (TPSA) is 516 Å². The number of carbonyl (C=O) groups excluding carboxylic acids is 12. The minimum atomic E-state index is -2.00. The number of likely N-dealkylation sites (tertiary alicyclic amines) is 1. The largest absolute Gasteiger partial charge is 0.481 e. The van der Waals surface area contributed by atoms with Gasteiger partial charge in [0.2, 0.25) is 70.9 Å². The van der Waals surface area contributed by atoms with Crippen molar-refractivity contribution < 1.29 is 92.3 Å². The second kappa shape index (κ2) is 34.2. The number of primary amides is 2. The van der Waals surface area contributed by atoms with Crippen LogP contribution in [-0.4, -0.2) is 192 Å². The predicted octanol–water partition coefficient (Wildman–Crippen LogP) is -3.61. The van der Waals surface area contributed by atoms with E-state index >= 15 is 0 Å². The van der Waals surface area contributed by atoms with Gasteiger partial charge in [-0.25, -0.2) is 4.79 Å². The lowest BCUT2D eigenvalue weighted by molar-refractivity contribution is -0.146. The summed E-state index contributed by atoms with van der Waals surface area (Å²) >= 11 is 0. The van der Waals surface area contributed by atoms with E-state index in [2.05, 4.69) is 52.8 Å². The number of nitrogens with two attached hydrogens (primary N) is 2. The number of hydrogen-bond donors (Lipinski definition) is 16. The number of carbonyl (C=O) groups is 15. The molecule has 18 N–H and O–H groups in total. The molecule has 32 heteroatoms. The molecular formula is C56H83N13O19. The van der Waals surface area contributed by atoms with Gasteiger partial charge in [-0.1, -0.05) is 72.6 Å². The smallest absolute Gasteiger partial charge is 0.326 e. The zero-order valence-corrected chi connectivity index (χ0v) is 50.3. The van der Waals surface area contributed by atoms with Crippen LogP contribution >= 0.6 is 0 Å². The van der Waals surface area contributed by atoms with Crippen LogP contribution < -0.4 is 59.3 Å². The van der Waals surface area contributed by atoms with Crippen molar-refractivity contribution in [3.05, 3.63) is 36.0 Å². The van der Waals surface area contributed by atoms with Gasteiger partial charge in [-0.05, 0) is 55.6 Å². The van der Waals surface area contributed by atoms with Crippen molar-refractivity contribution in [2.24, 2.45) is 29.2 Å². The molecule has 486 valence electrons. The molecule has 1 saturated heterocycles. The number of rotatable bonds is 36. The fourth-order valence-corrected chi connectivity index (χ4v) is 9.57. The Balaban J connectivity index is 1.95. The number of aliphatic hydroxyl groups excluding tert-OH is 1. The number of amides is 12. The maximum absolute atomic E-state index is 14.6. The number of aliphatic hydroxyl groups is 1. The van der Waals surface area contributed by atoms with Crippen molar-refractivity contribution in [2.75, 3.05) is 6.54 Å². The summed E-state index contributed by atoms with van der Waals surface area (Å²) in [7, 11) is 0. The number of nitrogens with zero attached hydrogens (tertiary/aromatic N) is 1. The highest BCUT2D eigenvalue weighted by Gasteiger charge is 2.43. The number of fused-ring (bicyclic) bond motifs is 1. The summed E-state index contributed by atoms with van der Waals surface area (Å²) in [6, 6.07) is -9.49. The number of para-hydroxylation sites is 1. The van der Waals surface area contributed by atoms with Crippen LogP contribution in [0.25, 0.3) is 10.9 Å². The molecule has 1 aromatic carbocycles. The highest BCUT2D eigenvalue weighted by molar-refractivity contribution is 6.01. The number of H-pyrrole nitrogens is 1. The van der Waals surface area contributed by atoms with Crippen molar-refractivity contribution in [3.8, 4) is 0 Å². The van der Waals surface area contributed by atoms with Crippen LogP contribution in [-0.2, 0) is 78.3 Å². The number of carboxylic acids is 3. The molecular weight excluding hydrogens is 1160 g/mol. The van der Waals surface area contributed by atoms with Gasteiger partial charge in [0.05, 0.1) is 25.4 Å². The average Bonchev–Trinajstić information content (AvgIpc) is 1.85. The zero-order chi connectivity index (χ0) is 66.4. The van der Waals surface area contributed by atoms with Crippen LogP contribution in [0.4, 0.5) is 0 Å². The summed E-state index contributed by atoms with van der Waals surface area (Å²) in [6.07, 6.45) is -3.29. The first kappa shape index (κ1) is 73.0. The summed E-state index contributed by atoms with van der Waals surface area (Å²) in [5, 5.41) is 62.0. The van der Waals surface area contributed by atoms with Crippen molar-refractivity contribution in [3.63, 3.8) is 0 Å². The van der Waals surface area contributed by atoms with Gasteiger partial charge in [-0.3, -0.25) is 67.1 Å². The highest BCUT2D eigenvalue weighted by atomic mass is 16.4. The minimum Gasteiger partial charge on any atom is -0.481 e. The molecule has 1 fully saturated rings. The van der Waals surface area contributed by atoms with E-state index < -0.39 is 192 Å². The molecule has 1 aromatic heterocycles. The Morgan fingerprint density at radius 2 is 1.05 bits per heavy atom. The zero-order valence-electron chi connectivity index (χ0n) is 50.3. The first-order valence-electron chi connectivity index (χ1n) is 28.7. The second-order valence-corrected chi connectivity index (χ2v) is 22.2. The Bertz CT molecular complexity index is 2900. The van der Waals surface area contributed by atoms with Gasteiger partial charge in [0.15, 0.2) is 0 Å². The lowest BCUT2D eigenvalue weighted by Crippen LogP contribution is -2.63. The van der Waals surface area contributed by atoms with Crippen LogP contribution in [0.1, 0.15) is 119 Å². The van der Waals surface area contributed by atoms with Crippen molar-refractivity contribution in [1.82, 2.24) is 57.7 Å². The first-order valence-corrected chi connectivity index (χ1v) is 28.7. The number of aromatic nitrogens is 1. The number of carboxylic acid groups (broad SMARTS) is 3. The molecule has 32 nitrogen and oxygen atoms in total. The van der Waals surface area contributed by atoms with E-state index in [4.69, 9.17) is 11.5 Å². The molecule has 2 heterocycles. The average molecular weight is 1240 g/mol. The fourth-order valence-electron chi connectivity index (χ4n) is 9.57. The van der Waals surface area contributed by atoms with Crippen molar-refractivity contribution >= 4 is 99.7 Å². The lowest BCUT2D eigenvalue weighted by atomic mass is 9.94. The Morgan fingerprint density at radius 3 is 1.55 bits per heavy atom. The molecule has 0 aliphatic carbocycles. The normalized spacial score (nSPS) is 17.0. The van der Waals surface area contributed by atoms with Crippen LogP contribution in [0.15, 0.2) is 30.5 Å². The van der Waals surface area contributed by atoms with Gasteiger partial charge >= 0.3 is 17.9 Å². The molecule has 1 aliphatic heterocycles. The Kier molecular flexibility index (Phi) is 28.4. The number of hydrogen-bond acceptors (Lipinski definition) is 16. The SMILES string of the molecule is CC[C@H](C)[C@H](NC(=O)[C@H](CC(=O)O)NC(C)=O)C(=O)N[C@H](C(=O)N[C@@H](Cc1c[nH]c2ccccc12)C(=O)N[C@@H](CC(=O)O)C(=O)N[C@H](C(=O)N[C@@H](CC(N)=O)C(=O)N[C@H](C(=O)N1CCC[C@H]1C(=O)N[C@@H](CCC(N)=O)C(=O)O)[C@@H](C)O)C(C)C)[C@@H](C)CC. The quantitative estimate of drug-likeness (QED) is 0.0313. The molecule has 13 atom stereocenters. The van der Waals surface area contributed by atoms with Crippen LogP contribution in [0.3, 0.4) is 0 Å². The first-order chi connectivity index (χ1) is 41.2. The third-order valence-electron chi connectivity index (χ3n) is 14.9. The monoisotopic (exact) mass is 1240 g/mol. The van der Waals surface area contributed by atoms with Crippen molar-refractivity contribution in [1.29, 1.82) is 0 Å². The molecule has 0 bridgehead atoms. The summed E-state index contributed by atoms with van der Waals surface area (Å²) in [6.45, 7) is 11.6. The fraction of sp³-hybridized carbons (Fsp3) is 0.589. The number of aromatic amines is 1. The third kappa shape index (κ3) is 21.9. The molecule has 0 saturated carbocycles. The van der Waals surface area contributed by atoms with E-state index in [1.807, 2.05) is 0 Å². The van der Waals surface area contributed by atoms with E-state index in [9.17, 15) is 92.3 Å². The maximum Gasteiger partial charge on any atom is 0.326 e.